The molecule has 0 amide bonds. The lowest BCUT2D eigenvalue weighted by atomic mass is 10.1. The first-order valence-electron chi connectivity index (χ1n) is 10.7. The van der Waals surface area contributed by atoms with Crippen LogP contribution in [-0.4, -0.2) is 44.8 Å². The smallest absolute Gasteiger partial charge is 0.339 e. The Morgan fingerprint density at radius 3 is 2.69 bits per heavy atom. The van der Waals surface area contributed by atoms with Gasteiger partial charge in [-0.1, -0.05) is 17.2 Å². The summed E-state index contributed by atoms with van der Waals surface area (Å²) in [7, 11) is 0. The molecule has 162 valence electrons. The summed E-state index contributed by atoms with van der Waals surface area (Å²) in [4.78, 5) is 21.2. The molecule has 2 aromatic heterocycles. The molecule has 0 saturated carbocycles. The Balaban J connectivity index is 1.58. The van der Waals surface area contributed by atoms with Crippen LogP contribution in [0.25, 0.3) is 28.1 Å². The predicted molar refractivity (Wildman–Crippen MR) is 123 cm³/mol. The van der Waals surface area contributed by atoms with Crippen molar-refractivity contribution in [3.8, 4) is 22.7 Å². The number of carboxylic acid groups (broad SMARTS) is 1. The first kappa shape index (κ1) is 20.2. The van der Waals surface area contributed by atoms with Crippen LogP contribution in [0.5, 0.6) is 5.75 Å². The summed E-state index contributed by atoms with van der Waals surface area (Å²) in [6.07, 6.45) is 4.49. The van der Waals surface area contributed by atoms with Gasteiger partial charge < -0.3 is 15.2 Å². The molecule has 0 bridgehead atoms. The summed E-state index contributed by atoms with van der Waals surface area (Å²) in [6.45, 7) is 5.71. The maximum absolute atomic E-state index is 11.7. The molecule has 1 atom stereocenters. The van der Waals surface area contributed by atoms with E-state index in [4.69, 9.17) is 9.72 Å². The van der Waals surface area contributed by atoms with E-state index in [1.807, 2.05) is 16.8 Å². The van der Waals surface area contributed by atoms with Crippen molar-refractivity contribution in [2.75, 3.05) is 13.1 Å². The van der Waals surface area contributed by atoms with Gasteiger partial charge in [0.05, 0.1) is 17.6 Å². The third-order valence-electron chi connectivity index (χ3n) is 5.69. The Labute approximate surface area is 185 Å². The van der Waals surface area contributed by atoms with E-state index < -0.39 is 5.97 Å². The molecule has 1 fully saturated rings. The van der Waals surface area contributed by atoms with Crippen molar-refractivity contribution in [2.45, 2.75) is 26.4 Å². The number of rotatable bonds is 5. The molecule has 3 heterocycles. The summed E-state index contributed by atoms with van der Waals surface area (Å²) in [5.41, 5.74) is 6.55. The van der Waals surface area contributed by atoms with Crippen LogP contribution in [0.15, 0.2) is 54.9 Å². The van der Waals surface area contributed by atoms with Gasteiger partial charge in [-0.2, -0.15) is 0 Å². The third-order valence-corrected chi connectivity index (χ3v) is 5.69. The van der Waals surface area contributed by atoms with Crippen LogP contribution < -0.4 is 10.1 Å². The number of ether oxygens (including phenoxy) is 1. The molecule has 1 saturated heterocycles. The molecule has 2 aromatic carbocycles. The van der Waals surface area contributed by atoms with Crippen LogP contribution in [0.3, 0.4) is 0 Å². The van der Waals surface area contributed by atoms with Gasteiger partial charge in [-0.3, -0.25) is 9.55 Å². The minimum absolute atomic E-state index is 0.0410. The molecule has 1 aliphatic heterocycles. The highest BCUT2D eigenvalue weighted by Crippen LogP contribution is 2.28. The van der Waals surface area contributed by atoms with Crippen molar-refractivity contribution < 1.29 is 14.6 Å². The Kier molecular flexibility index (Phi) is 5.11. The fraction of sp³-hybridized carbons (Fsp3) is 0.240. The van der Waals surface area contributed by atoms with E-state index in [9.17, 15) is 9.90 Å². The molecule has 1 aliphatic rings. The van der Waals surface area contributed by atoms with E-state index in [1.54, 1.807) is 24.4 Å². The SMILES string of the molecule is Cc1cc(C)cc(-c2cnc3ccn(-c4ccc(C(=O)O)c(O[C@@H]5CCNC5)c4)c3n2)c1. The second kappa shape index (κ2) is 8.09. The van der Waals surface area contributed by atoms with Gasteiger partial charge in [0.15, 0.2) is 5.65 Å². The molecule has 0 aliphatic carbocycles. The van der Waals surface area contributed by atoms with Gasteiger partial charge >= 0.3 is 5.97 Å². The van der Waals surface area contributed by atoms with E-state index >= 15 is 0 Å². The first-order chi connectivity index (χ1) is 15.5. The largest absolute Gasteiger partial charge is 0.488 e. The average molecular weight is 428 g/mol. The lowest BCUT2D eigenvalue weighted by Gasteiger charge is -2.16. The third kappa shape index (κ3) is 3.83. The van der Waals surface area contributed by atoms with E-state index in [-0.39, 0.29) is 11.7 Å². The Bertz CT molecular complexity index is 1300. The molecular formula is C25H24N4O3. The number of fused-ring (bicyclic) bond motifs is 1. The van der Waals surface area contributed by atoms with Crippen LogP contribution in [0, 0.1) is 13.8 Å². The van der Waals surface area contributed by atoms with Crippen molar-refractivity contribution >= 4 is 17.1 Å². The minimum atomic E-state index is -1.01. The Morgan fingerprint density at radius 1 is 1.16 bits per heavy atom. The number of nitrogens with zero attached hydrogens (tertiary/aromatic N) is 3. The zero-order chi connectivity index (χ0) is 22.2. The summed E-state index contributed by atoms with van der Waals surface area (Å²) < 4.78 is 7.96. The fourth-order valence-corrected chi connectivity index (χ4v) is 4.21. The maximum atomic E-state index is 11.7. The molecule has 7 nitrogen and oxygen atoms in total. The maximum Gasteiger partial charge on any atom is 0.339 e. The second-order valence-corrected chi connectivity index (χ2v) is 8.24. The predicted octanol–water partition coefficient (Wildman–Crippen LogP) is 4.14. The number of aromatic carboxylic acids is 1. The van der Waals surface area contributed by atoms with E-state index in [1.165, 1.54) is 11.1 Å². The van der Waals surface area contributed by atoms with Crippen LogP contribution >= 0.6 is 0 Å². The Hall–Kier alpha value is -3.71. The monoisotopic (exact) mass is 428 g/mol. The standard InChI is InChI=1S/C25H24N4O3/c1-15-9-16(2)11-17(10-15)22-14-27-21-6-8-29(24(21)28-22)18-3-4-20(25(30)31)23(12-18)32-19-5-7-26-13-19/h3-4,6,8-12,14,19,26H,5,7,13H2,1-2H3,(H,30,31)/t19-/m1/s1. The quantitative estimate of drug-likeness (QED) is 0.497. The molecule has 0 spiro atoms. The van der Waals surface area contributed by atoms with Crippen LogP contribution in [0.2, 0.25) is 0 Å². The zero-order valence-corrected chi connectivity index (χ0v) is 18.0. The Morgan fingerprint density at radius 2 is 1.97 bits per heavy atom. The number of benzene rings is 2. The molecule has 7 heteroatoms. The van der Waals surface area contributed by atoms with Gasteiger partial charge in [0.2, 0.25) is 0 Å². The number of aryl methyl sites for hydroxylation is 2. The summed E-state index contributed by atoms with van der Waals surface area (Å²) >= 11 is 0. The lowest BCUT2D eigenvalue weighted by molar-refractivity contribution is 0.0690. The number of nitrogens with one attached hydrogen (secondary N) is 1. The van der Waals surface area contributed by atoms with Crippen molar-refractivity contribution in [3.63, 3.8) is 0 Å². The minimum Gasteiger partial charge on any atom is -0.488 e. The van der Waals surface area contributed by atoms with Crippen molar-refractivity contribution in [1.29, 1.82) is 0 Å². The number of aromatic nitrogens is 3. The van der Waals surface area contributed by atoms with Gasteiger partial charge in [-0.15, -0.1) is 0 Å². The average Bonchev–Trinajstić information content (AvgIpc) is 3.42. The van der Waals surface area contributed by atoms with Crippen molar-refractivity contribution in [3.05, 3.63) is 71.5 Å². The molecule has 0 unspecified atom stereocenters. The molecule has 0 radical (unpaired) electrons. The number of hydrogen-bond acceptors (Lipinski definition) is 5. The topological polar surface area (TPSA) is 89.3 Å². The van der Waals surface area contributed by atoms with Crippen molar-refractivity contribution in [2.24, 2.45) is 0 Å². The summed E-state index contributed by atoms with van der Waals surface area (Å²) in [5.74, 6) is -0.643. The molecule has 2 N–H and O–H groups in total. The molecule has 32 heavy (non-hydrogen) atoms. The highest BCUT2D eigenvalue weighted by Gasteiger charge is 2.21. The lowest BCUT2D eigenvalue weighted by Crippen LogP contribution is -2.21. The zero-order valence-electron chi connectivity index (χ0n) is 18.0. The highest BCUT2D eigenvalue weighted by atomic mass is 16.5. The van der Waals surface area contributed by atoms with E-state index in [0.29, 0.717) is 17.9 Å². The summed E-state index contributed by atoms with van der Waals surface area (Å²) in [5, 5.41) is 12.9. The van der Waals surface area contributed by atoms with Gasteiger partial charge in [0, 0.05) is 24.4 Å². The van der Waals surface area contributed by atoms with Gasteiger partial charge in [0.1, 0.15) is 22.9 Å². The normalized spacial score (nSPS) is 15.9. The van der Waals surface area contributed by atoms with Gasteiger partial charge in [-0.25, -0.2) is 9.78 Å². The van der Waals surface area contributed by atoms with E-state index in [2.05, 4.69) is 42.3 Å². The highest BCUT2D eigenvalue weighted by molar-refractivity contribution is 5.91. The molecule has 5 rings (SSSR count). The number of carboxylic acids is 1. The van der Waals surface area contributed by atoms with Crippen LogP contribution in [-0.2, 0) is 0 Å². The van der Waals surface area contributed by atoms with Gasteiger partial charge in [-0.05, 0) is 57.1 Å². The molecule has 4 aromatic rings. The second-order valence-electron chi connectivity index (χ2n) is 8.24. The first-order valence-corrected chi connectivity index (χ1v) is 10.7. The summed E-state index contributed by atoms with van der Waals surface area (Å²) in [6, 6.07) is 13.4. The van der Waals surface area contributed by atoms with Crippen LogP contribution in [0.1, 0.15) is 27.9 Å². The number of carbonyl (C=O) groups is 1. The van der Waals surface area contributed by atoms with E-state index in [0.717, 1.165) is 35.4 Å². The molecular weight excluding hydrogens is 404 g/mol. The number of hydrogen-bond donors (Lipinski definition) is 2. The fourth-order valence-electron chi connectivity index (χ4n) is 4.21. The van der Waals surface area contributed by atoms with Crippen LogP contribution in [0.4, 0.5) is 0 Å². The van der Waals surface area contributed by atoms with Gasteiger partial charge in [0.25, 0.3) is 0 Å². The van der Waals surface area contributed by atoms with Crippen molar-refractivity contribution in [1.82, 2.24) is 19.9 Å².